The van der Waals surface area contributed by atoms with Gasteiger partial charge in [0.2, 0.25) is 0 Å². The summed E-state index contributed by atoms with van der Waals surface area (Å²) in [5.74, 6) is -2.56. The number of carboxylic acids is 2. The summed E-state index contributed by atoms with van der Waals surface area (Å²) in [6.07, 6.45) is -3.80. The molecule has 0 saturated heterocycles. The van der Waals surface area contributed by atoms with Gasteiger partial charge in [-0.1, -0.05) is 23.7 Å². The predicted octanol–water partition coefficient (Wildman–Crippen LogP) is 0.907. The van der Waals surface area contributed by atoms with Crippen LogP contribution in [-0.4, -0.2) is 38.5 Å². The third kappa shape index (κ3) is 3.19. The number of aromatic carboxylic acids is 1. The van der Waals surface area contributed by atoms with E-state index >= 15 is 0 Å². The van der Waals surface area contributed by atoms with Crippen molar-refractivity contribution >= 4 is 23.5 Å². The summed E-state index contributed by atoms with van der Waals surface area (Å²) in [7, 11) is 0. The quantitative estimate of drug-likeness (QED) is 0.634. The molecular formula is C11H11ClO6. The first-order valence-electron chi connectivity index (χ1n) is 4.94. The minimum Gasteiger partial charge on any atom is -0.481 e. The Morgan fingerprint density at radius 3 is 2.33 bits per heavy atom. The number of halogens is 1. The number of aliphatic hydroxyl groups is 2. The maximum absolute atomic E-state index is 10.8. The van der Waals surface area contributed by atoms with Crippen LogP contribution in [0.4, 0.5) is 0 Å². The number of aliphatic hydroxyl groups excluding tert-OH is 2. The molecular weight excluding hydrogens is 264 g/mol. The molecule has 0 aliphatic rings. The van der Waals surface area contributed by atoms with E-state index in [-0.39, 0.29) is 16.1 Å². The lowest BCUT2D eigenvalue weighted by Crippen LogP contribution is -2.22. The molecule has 0 fully saturated rings. The molecule has 1 aromatic rings. The van der Waals surface area contributed by atoms with Gasteiger partial charge in [0.05, 0.1) is 23.1 Å². The highest BCUT2D eigenvalue weighted by Crippen LogP contribution is 2.29. The van der Waals surface area contributed by atoms with Crippen LogP contribution >= 0.6 is 11.6 Å². The second-order valence-electron chi connectivity index (χ2n) is 3.62. The van der Waals surface area contributed by atoms with Crippen LogP contribution in [0.5, 0.6) is 0 Å². The maximum Gasteiger partial charge on any atom is 0.337 e. The molecule has 2 unspecified atom stereocenters. The SMILES string of the molecule is O=C(O)CC(O)C(O)c1cccc(C(=O)O)c1Cl. The van der Waals surface area contributed by atoms with Gasteiger partial charge in [-0.25, -0.2) is 4.79 Å². The number of hydrogen-bond acceptors (Lipinski definition) is 4. The molecule has 0 bridgehead atoms. The molecule has 0 amide bonds. The largest absolute Gasteiger partial charge is 0.481 e. The fourth-order valence-electron chi connectivity index (χ4n) is 1.44. The zero-order valence-corrected chi connectivity index (χ0v) is 9.83. The van der Waals surface area contributed by atoms with E-state index in [0.29, 0.717) is 0 Å². The smallest absolute Gasteiger partial charge is 0.337 e. The summed E-state index contributed by atoms with van der Waals surface area (Å²) in [5, 5.41) is 36.3. The van der Waals surface area contributed by atoms with Gasteiger partial charge in [0.25, 0.3) is 0 Å². The van der Waals surface area contributed by atoms with E-state index in [0.717, 1.165) is 0 Å². The van der Waals surface area contributed by atoms with Crippen molar-refractivity contribution in [1.82, 2.24) is 0 Å². The van der Waals surface area contributed by atoms with E-state index in [1.807, 2.05) is 0 Å². The molecule has 0 aliphatic heterocycles. The van der Waals surface area contributed by atoms with Gasteiger partial charge in [0, 0.05) is 5.56 Å². The Hall–Kier alpha value is -1.63. The summed E-state index contributed by atoms with van der Waals surface area (Å²) < 4.78 is 0. The highest BCUT2D eigenvalue weighted by atomic mass is 35.5. The molecule has 0 aromatic heterocycles. The van der Waals surface area contributed by atoms with Crippen molar-refractivity contribution in [3.05, 3.63) is 34.3 Å². The summed E-state index contributed by atoms with van der Waals surface area (Å²) in [4.78, 5) is 21.2. The minimum absolute atomic E-state index is 0.0229. The van der Waals surface area contributed by atoms with Crippen LogP contribution in [0.3, 0.4) is 0 Å². The highest BCUT2D eigenvalue weighted by molar-refractivity contribution is 6.34. The molecule has 18 heavy (non-hydrogen) atoms. The van der Waals surface area contributed by atoms with Crippen LogP contribution in [0.2, 0.25) is 5.02 Å². The van der Waals surface area contributed by atoms with Crippen LogP contribution in [0.25, 0.3) is 0 Å². The Kier molecular flexibility index (Phi) is 4.66. The molecule has 2 atom stereocenters. The van der Waals surface area contributed by atoms with E-state index in [1.54, 1.807) is 0 Å². The van der Waals surface area contributed by atoms with E-state index in [2.05, 4.69) is 0 Å². The molecule has 0 aliphatic carbocycles. The van der Waals surface area contributed by atoms with Gasteiger partial charge in [-0.05, 0) is 6.07 Å². The fourth-order valence-corrected chi connectivity index (χ4v) is 1.76. The lowest BCUT2D eigenvalue weighted by molar-refractivity contribution is -0.141. The average Bonchev–Trinajstić information content (AvgIpc) is 2.27. The first kappa shape index (κ1) is 14.4. The second kappa shape index (κ2) is 5.81. The predicted molar refractivity (Wildman–Crippen MR) is 61.6 cm³/mol. The Bertz CT molecular complexity index is 473. The molecule has 0 radical (unpaired) electrons. The van der Waals surface area contributed by atoms with Gasteiger partial charge in [-0.2, -0.15) is 0 Å². The first-order valence-corrected chi connectivity index (χ1v) is 5.32. The van der Waals surface area contributed by atoms with Gasteiger partial charge in [-0.15, -0.1) is 0 Å². The summed E-state index contributed by atoms with van der Waals surface area (Å²) in [6.45, 7) is 0. The number of rotatable bonds is 5. The molecule has 0 spiro atoms. The Morgan fingerprint density at radius 1 is 1.22 bits per heavy atom. The zero-order valence-electron chi connectivity index (χ0n) is 9.08. The average molecular weight is 275 g/mol. The van der Waals surface area contributed by atoms with Crippen molar-refractivity contribution in [3.8, 4) is 0 Å². The number of hydrogen-bond donors (Lipinski definition) is 4. The van der Waals surface area contributed by atoms with Crippen molar-refractivity contribution < 1.29 is 30.0 Å². The van der Waals surface area contributed by atoms with Gasteiger partial charge in [-0.3, -0.25) is 4.79 Å². The Balaban J connectivity index is 3.06. The Morgan fingerprint density at radius 2 is 1.83 bits per heavy atom. The van der Waals surface area contributed by atoms with E-state index < -0.39 is 30.6 Å². The lowest BCUT2D eigenvalue weighted by Gasteiger charge is -2.18. The number of benzene rings is 1. The molecule has 1 aromatic carbocycles. The van der Waals surface area contributed by atoms with Crippen molar-refractivity contribution in [3.63, 3.8) is 0 Å². The van der Waals surface area contributed by atoms with Crippen molar-refractivity contribution in [1.29, 1.82) is 0 Å². The topological polar surface area (TPSA) is 115 Å². The fraction of sp³-hybridized carbons (Fsp3) is 0.273. The summed E-state index contributed by atoms with van der Waals surface area (Å²) in [6, 6.07) is 3.91. The standard InChI is InChI=1S/C11H11ClO6/c12-9-5(2-1-3-6(9)11(17)18)10(16)7(13)4-8(14)15/h1-3,7,10,13,16H,4H2,(H,14,15)(H,17,18). The minimum atomic E-state index is -1.57. The van der Waals surface area contributed by atoms with E-state index in [4.69, 9.17) is 21.8 Å². The molecule has 1 rings (SSSR count). The van der Waals surface area contributed by atoms with Crippen molar-refractivity contribution in [2.75, 3.05) is 0 Å². The maximum atomic E-state index is 10.8. The van der Waals surface area contributed by atoms with E-state index in [9.17, 15) is 19.8 Å². The molecule has 6 nitrogen and oxygen atoms in total. The highest BCUT2D eigenvalue weighted by Gasteiger charge is 2.25. The molecule has 0 saturated carbocycles. The number of carboxylic acid groups (broad SMARTS) is 2. The van der Waals surface area contributed by atoms with Crippen LogP contribution in [0.1, 0.15) is 28.4 Å². The molecule has 98 valence electrons. The van der Waals surface area contributed by atoms with Crippen LogP contribution in [0.15, 0.2) is 18.2 Å². The number of aliphatic carboxylic acids is 1. The third-order valence-electron chi connectivity index (χ3n) is 2.33. The van der Waals surface area contributed by atoms with Gasteiger partial charge in [0.1, 0.15) is 6.10 Å². The van der Waals surface area contributed by atoms with Gasteiger partial charge >= 0.3 is 11.9 Å². The van der Waals surface area contributed by atoms with Crippen LogP contribution in [0, 0.1) is 0 Å². The zero-order chi connectivity index (χ0) is 13.9. The van der Waals surface area contributed by atoms with Crippen LogP contribution < -0.4 is 0 Å². The summed E-state index contributed by atoms with van der Waals surface area (Å²) >= 11 is 5.78. The Labute approximate surface area is 107 Å². The second-order valence-corrected chi connectivity index (χ2v) is 4.00. The molecule has 0 heterocycles. The van der Waals surface area contributed by atoms with Crippen LogP contribution in [-0.2, 0) is 4.79 Å². The van der Waals surface area contributed by atoms with Crippen molar-refractivity contribution in [2.24, 2.45) is 0 Å². The molecule has 4 N–H and O–H groups in total. The van der Waals surface area contributed by atoms with E-state index in [1.165, 1.54) is 18.2 Å². The first-order chi connectivity index (χ1) is 8.34. The summed E-state index contributed by atoms with van der Waals surface area (Å²) in [5.41, 5.74) is -0.249. The number of carbonyl (C=O) groups is 2. The monoisotopic (exact) mass is 274 g/mol. The third-order valence-corrected chi connectivity index (χ3v) is 2.75. The van der Waals surface area contributed by atoms with Gasteiger partial charge in [0.15, 0.2) is 0 Å². The molecule has 7 heteroatoms. The normalized spacial score (nSPS) is 13.9. The van der Waals surface area contributed by atoms with Gasteiger partial charge < -0.3 is 20.4 Å². The lowest BCUT2D eigenvalue weighted by atomic mass is 10.00. The van der Waals surface area contributed by atoms with Crippen molar-refractivity contribution in [2.45, 2.75) is 18.6 Å².